The number of carbonyl (C=O) groups is 2. The Bertz CT molecular complexity index is 321. The summed E-state index contributed by atoms with van der Waals surface area (Å²) in [5.74, 6) is -1.11. The van der Waals surface area contributed by atoms with Gasteiger partial charge in [-0.05, 0) is 26.2 Å². The first-order valence-electron chi connectivity index (χ1n) is 7.43. The quantitative estimate of drug-likeness (QED) is 0.381. The number of amides is 2. The Morgan fingerprint density at radius 1 is 1.29 bits per heavy atom. The van der Waals surface area contributed by atoms with Gasteiger partial charge in [0.1, 0.15) is 0 Å². The lowest BCUT2D eigenvalue weighted by atomic mass is 10.0. The highest BCUT2D eigenvalue weighted by molar-refractivity contribution is 5.74. The summed E-state index contributed by atoms with van der Waals surface area (Å²) in [7, 11) is 0. The number of aliphatic carboxylic acids is 1. The standard InChI is InChI=1S/C15H28N2O4/c1-4-5-10-21-11-9-16-15(20)17-13(3)8-6-7-12(2)14(18)19/h4,12-13H,1,5-11H2,2-3H3,(H,18,19)(H2,16,17,20). The zero-order valence-corrected chi connectivity index (χ0v) is 13.1. The third kappa shape index (κ3) is 11.9. The maximum atomic E-state index is 11.6. The second-order valence-corrected chi connectivity index (χ2v) is 5.16. The largest absolute Gasteiger partial charge is 0.481 e. The highest BCUT2D eigenvalue weighted by Crippen LogP contribution is 2.09. The van der Waals surface area contributed by atoms with Crippen molar-refractivity contribution in [2.24, 2.45) is 5.92 Å². The van der Waals surface area contributed by atoms with E-state index in [0.717, 1.165) is 19.3 Å². The predicted molar refractivity (Wildman–Crippen MR) is 82.3 cm³/mol. The molecule has 2 unspecified atom stereocenters. The van der Waals surface area contributed by atoms with Crippen LogP contribution in [0.25, 0.3) is 0 Å². The van der Waals surface area contributed by atoms with Crippen molar-refractivity contribution in [1.29, 1.82) is 0 Å². The van der Waals surface area contributed by atoms with Crippen LogP contribution in [0.1, 0.15) is 39.5 Å². The summed E-state index contributed by atoms with van der Waals surface area (Å²) in [6, 6.07) is -0.200. The normalized spacial score (nSPS) is 13.2. The number of ether oxygens (including phenoxy) is 1. The topological polar surface area (TPSA) is 87.7 Å². The van der Waals surface area contributed by atoms with Crippen molar-refractivity contribution in [2.75, 3.05) is 19.8 Å². The molecular formula is C15H28N2O4. The SMILES string of the molecule is C=CCCOCCNC(=O)NC(C)CCCC(C)C(=O)O. The second kappa shape index (κ2) is 12.2. The maximum absolute atomic E-state index is 11.6. The minimum Gasteiger partial charge on any atom is -0.481 e. The number of hydrogen-bond acceptors (Lipinski definition) is 3. The summed E-state index contributed by atoms with van der Waals surface area (Å²) in [4.78, 5) is 22.2. The Morgan fingerprint density at radius 3 is 2.62 bits per heavy atom. The molecule has 0 aliphatic carbocycles. The first kappa shape index (κ1) is 19.4. The van der Waals surface area contributed by atoms with Crippen LogP contribution in [-0.2, 0) is 9.53 Å². The molecule has 0 saturated heterocycles. The van der Waals surface area contributed by atoms with Gasteiger partial charge in [-0.3, -0.25) is 4.79 Å². The van der Waals surface area contributed by atoms with E-state index in [-0.39, 0.29) is 18.0 Å². The minimum atomic E-state index is -0.773. The van der Waals surface area contributed by atoms with E-state index in [1.54, 1.807) is 13.0 Å². The van der Waals surface area contributed by atoms with Crippen molar-refractivity contribution in [3.05, 3.63) is 12.7 Å². The molecule has 0 bridgehead atoms. The molecule has 0 fully saturated rings. The molecule has 0 aromatic rings. The van der Waals surface area contributed by atoms with Crippen LogP contribution in [0.15, 0.2) is 12.7 Å². The van der Waals surface area contributed by atoms with Gasteiger partial charge in [0, 0.05) is 12.6 Å². The molecule has 0 aliphatic heterocycles. The Labute approximate surface area is 126 Å². The fourth-order valence-corrected chi connectivity index (χ4v) is 1.71. The second-order valence-electron chi connectivity index (χ2n) is 5.16. The molecule has 0 aliphatic rings. The van der Waals surface area contributed by atoms with E-state index in [1.807, 2.05) is 6.92 Å². The first-order chi connectivity index (χ1) is 9.97. The highest BCUT2D eigenvalue weighted by atomic mass is 16.5. The third-order valence-electron chi connectivity index (χ3n) is 3.07. The van der Waals surface area contributed by atoms with Gasteiger partial charge in [0.2, 0.25) is 0 Å². The number of urea groups is 1. The molecule has 0 rings (SSSR count). The predicted octanol–water partition coefficient (Wildman–Crippen LogP) is 2.16. The average molecular weight is 300 g/mol. The van der Waals surface area contributed by atoms with Gasteiger partial charge in [0.05, 0.1) is 19.1 Å². The fraction of sp³-hybridized carbons (Fsp3) is 0.733. The monoisotopic (exact) mass is 300 g/mol. The zero-order valence-electron chi connectivity index (χ0n) is 13.1. The van der Waals surface area contributed by atoms with Gasteiger partial charge in [-0.25, -0.2) is 4.79 Å². The zero-order chi connectivity index (χ0) is 16.1. The van der Waals surface area contributed by atoms with E-state index >= 15 is 0 Å². The molecule has 0 radical (unpaired) electrons. The van der Waals surface area contributed by atoms with Gasteiger partial charge in [-0.15, -0.1) is 6.58 Å². The minimum absolute atomic E-state index is 0.0210. The van der Waals surface area contributed by atoms with Crippen LogP contribution in [0.4, 0.5) is 4.79 Å². The highest BCUT2D eigenvalue weighted by Gasteiger charge is 2.12. The van der Waals surface area contributed by atoms with Crippen molar-refractivity contribution in [1.82, 2.24) is 10.6 Å². The smallest absolute Gasteiger partial charge is 0.315 e. The van der Waals surface area contributed by atoms with Gasteiger partial charge < -0.3 is 20.5 Å². The van der Waals surface area contributed by atoms with Crippen LogP contribution in [0, 0.1) is 5.92 Å². The summed E-state index contributed by atoms with van der Waals surface area (Å²) in [5.41, 5.74) is 0. The molecule has 0 heterocycles. The molecular weight excluding hydrogens is 272 g/mol. The molecule has 2 amide bonds. The maximum Gasteiger partial charge on any atom is 0.315 e. The van der Waals surface area contributed by atoms with Crippen molar-refractivity contribution in [2.45, 2.75) is 45.6 Å². The third-order valence-corrected chi connectivity index (χ3v) is 3.07. The Hall–Kier alpha value is -1.56. The van der Waals surface area contributed by atoms with Gasteiger partial charge >= 0.3 is 12.0 Å². The summed E-state index contributed by atoms with van der Waals surface area (Å²) in [6.45, 7) is 8.75. The molecule has 3 N–H and O–H groups in total. The Kier molecular flexibility index (Phi) is 11.3. The van der Waals surface area contributed by atoms with Gasteiger partial charge in [-0.1, -0.05) is 19.4 Å². The lowest BCUT2D eigenvalue weighted by Gasteiger charge is -2.15. The Balaban J connectivity index is 3.56. The fourth-order valence-electron chi connectivity index (χ4n) is 1.71. The molecule has 21 heavy (non-hydrogen) atoms. The number of carbonyl (C=O) groups excluding carboxylic acids is 1. The lowest BCUT2D eigenvalue weighted by molar-refractivity contribution is -0.141. The number of rotatable bonds is 12. The molecule has 0 aromatic heterocycles. The molecule has 0 aromatic carbocycles. The molecule has 0 spiro atoms. The number of carboxylic acids is 1. The van der Waals surface area contributed by atoms with Crippen molar-refractivity contribution < 1.29 is 19.4 Å². The van der Waals surface area contributed by atoms with Crippen molar-refractivity contribution >= 4 is 12.0 Å². The first-order valence-corrected chi connectivity index (χ1v) is 7.43. The van der Waals surface area contributed by atoms with E-state index in [4.69, 9.17) is 9.84 Å². The summed E-state index contributed by atoms with van der Waals surface area (Å²) in [6.07, 6.45) is 4.76. The van der Waals surface area contributed by atoms with E-state index in [9.17, 15) is 9.59 Å². The van der Waals surface area contributed by atoms with E-state index in [1.165, 1.54) is 0 Å². The van der Waals surface area contributed by atoms with Gasteiger partial charge in [0.25, 0.3) is 0 Å². The number of hydrogen-bond donors (Lipinski definition) is 3. The summed E-state index contributed by atoms with van der Waals surface area (Å²) in [5, 5.41) is 14.3. The van der Waals surface area contributed by atoms with E-state index in [0.29, 0.717) is 26.2 Å². The van der Waals surface area contributed by atoms with Gasteiger partial charge in [-0.2, -0.15) is 0 Å². The average Bonchev–Trinajstić information content (AvgIpc) is 2.42. The van der Waals surface area contributed by atoms with Gasteiger partial charge in [0.15, 0.2) is 0 Å². The summed E-state index contributed by atoms with van der Waals surface area (Å²) < 4.78 is 5.27. The summed E-state index contributed by atoms with van der Waals surface area (Å²) >= 11 is 0. The van der Waals surface area contributed by atoms with E-state index in [2.05, 4.69) is 17.2 Å². The van der Waals surface area contributed by atoms with Crippen molar-refractivity contribution in [3.63, 3.8) is 0 Å². The van der Waals surface area contributed by atoms with E-state index < -0.39 is 5.97 Å². The molecule has 2 atom stereocenters. The number of carboxylic acid groups (broad SMARTS) is 1. The molecule has 122 valence electrons. The van der Waals surface area contributed by atoms with Crippen LogP contribution < -0.4 is 10.6 Å². The molecule has 6 heteroatoms. The Morgan fingerprint density at radius 2 is 2.00 bits per heavy atom. The van der Waals surface area contributed by atoms with Crippen LogP contribution in [0.3, 0.4) is 0 Å². The van der Waals surface area contributed by atoms with Crippen LogP contribution >= 0.6 is 0 Å². The molecule has 6 nitrogen and oxygen atoms in total. The van der Waals surface area contributed by atoms with Crippen LogP contribution in [-0.4, -0.2) is 42.9 Å². The van der Waals surface area contributed by atoms with Crippen LogP contribution in [0.2, 0.25) is 0 Å². The van der Waals surface area contributed by atoms with Crippen LogP contribution in [0.5, 0.6) is 0 Å². The van der Waals surface area contributed by atoms with Crippen molar-refractivity contribution in [3.8, 4) is 0 Å². The molecule has 0 saturated carbocycles. The lowest BCUT2D eigenvalue weighted by Crippen LogP contribution is -2.42. The number of nitrogens with one attached hydrogen (secondary N) is 2.